The van der Waals surface area contributed by atoms with Crippen molar-refractivity contribution >= 4 is 29.0 Å². The van der Waals surface area contributed by atoms with Crippen molar-refractivity contribution in [3.05, 3.63) is 17.0 Å². The highest BCUT2D eigenvalue weighted by atomic mass is 32.2. The molecule has 1 amide bonds. The van der Waals surface area contributed by atoms with Gasteiger partial charge in [-0.25, -0.2) is 5.01 Å². The van der Waals surface area contributed by atoms with Gasteiger partial charge in [0.05, 0.1) is 10.3 Å². The molecule has 1 N–H and O–H groups in total. The Kier molecular flexibility index (Phi) is 6.54. The molecule has 118 valence electrons. The van der Waals surface area contributed by atoms with Gasteiger partial charge in [-0.15, -0.1) is 23.1 Å². The number of aryl methyl sites for hydroxylation is 1. The second kappa shape index (κ2) is 8.17. The molecule has 1 unspecified atom stereocenters. The van der Waals surface area contributed by atoms with E-state index in [1.54, 1.807) is 18.3 Å². The van der Waals surface area contributed by atoms with E-state index in [2.05, 4.69) is 24.1 Å². The third kappa shape index (κ3) is 5.29. The lowest BCUT2D eigenvalue weighted by atomic mass is 10.2. The van der Waals surface area contributed by atoms with Gasteiger partial charge in [0.2, 0.25) is 5.91 Å². The first-order valence-corrected chi connectivity index (χ1v) is 9.29. The minimum absolute atomic E-state index is 0.217. The molecule has 0 aromatic carbocycles. The van der Waals surface area contributed by atoms with Crippen LogP contribution < -0.4 is 0 Å². The largest absolute Gasteiger partial charge is 0.393 e. The summed E-state index contributed by atoms with van der Waals surface area (Å²) in [6.07, 6.45) is 1.97. The number of aliphatic hydroxyl groups excluding tert-OH is 1. The van der Waals surface area contributed by atoms with Gasteiger partial charge < -0.3 is 5.11 Å². The van der Waals surface area contributed by atoms with Gasteiger partial charge in [0.25, 0.3) is 0 Å². The van der Waals surface area contributed by atoms with Gasteiger partial charge in [0, 0.05) is 36.7 Å². The number of aliphatic hydroxyl groups is 1. The monoisotopic (exact) mass is 328 g/mol. The molecule has 0 aliphatic carbocycles. The van der Waals surface area contributed by atoms with E-state index in [0.29, 0.717) is 12.8 Å². The molecule has 2 rings (SSSR count). The molecule has 6 heteroatoms. The predicted molar refractivity (Wildman–Crippen MR) is 88.6 cm³/mol. The fourth-order valence-electron chi connectivity index (χ4n) is 2.38. The van der Waals surface area contributed by atoms with Gasteiger partial charge in [-0.1, -0.05) is 0 Å². The Morgan fingerprint density at radius 3 is 2.90 bits per heavy atom. The molecule has 1 aliphatic rings. The summed E-state index contributed by atoms with van der Waals surface area (Å²) < 4.78 is 1.31. The maximum Gasteiger partial charge on any atom is 0.236 e. The molecule has 1 saturated heterocycles. The van der Waals surface area contributed by atoms with Crippen molar-refractivity contribution in [1.82, 2.24) is 10.0 Å². The van der Waals surface area contributed by atoms with Crippen molar-refractivity contribution in [3.8, 4) is 0 Å². The van der Waals surface area contributed by atoms with E-state index in [4.69, 9.17) is 0 Å². The summed E-state index contributed by atoms with van der Waals surface area (Å²) in [4.78, 5) is 13.4. The third-order valence-electron chi connectivity index (χ3n) is 3.50. The summed E-state index contributed by atoms with van der Waals surface area (Å²) >= 11 is 3.61. The summed E-state index contributed by atoms with van der Waals surface area (Å²) in [6.45, 7) is 6.33. The number of amides is 1. The molecule has 21 heavy (non-hydrogen) atoms. The number of thiophene rings is 1. The van der Waals surface area contributed by atoms with Crippen LogP contribution in [-0.4, -0.2) is 52.5 Å². The fraction of sp³-hybridized carbons (Fsp3) is 0.667. The molecule has 4 nitrogen and oxygen atoms in total. The van der Waals surface area contributed by atoms with Crippen molar-refractivity contribution in [2.45, 2.75) is 43.4 Å². The Balaban J connectivity index is 1.83. The highest BCUT2D eigenvalue weighted by Crippen LogP contribution is 2.27. The van der Waals surface area contributed by atoms with Crippen LogP contribution in [0, 0.1) is 6.92 Å². The number of thioether (sulfide) groups is 1. The first-order valence-electron chi connectivity index (χ1n) is 7.49. The number of carbonyl (C=O) groups excluding carboxylic acids is 1. The lowest BCUT2D eigenvalue weighted by molar-refractivity contribution is -0.155. The Morgan fingerprint density at radius 2 is 2.24 bits per heavy atom. The van der Waals surface area contributed by atoms with Crippen LogP contribution in [0.5, 0.6) is 0 Å². The molecule has 0 saturated carbocycles. The van der Waals surface area contributed by atoms with Crippen molar-refractivity contribution in [2.75, 3.05) is 25.4 Å². The van der Waals surface area contributed by atoms with Gasteiger partial charge in [0.15, 0.2) is 0 Å². The summed E-state index contributed by atoms with van der Waals surface area (Å²) in [5.41, 5.74) is 0. The number of nitrogens with zero attached hydrogens (tertiary/aromatic N) is 2. The lowest BCUT2D eigenvalue weighted by Gasteiger charge is -2.38. The number of rotatable bonds is 7. The van der Waals surface area contributed by atoms with Crippen LogP contribution in [0.2, 0.25) is 0 Å². The van der Waals surface area contributed by atoms with Crippen molar-refractivity contribution in [3.63, 3.8) is 0 Å². The molecule has 1 fully saturated rings. The first kappa shape index (κ1) is 16.8. The number of carbonyl (C=O) groups is 1. The highest BCUT2D eigenvalue weighted by Gasteiger charge is 2.25. The van der Waals surface area contributed by atoms with Gasteiger partial charge in [0.1, 0.15) is 0 Å². The van der Waals surface area contributed by atoms with Gasteiger partial charge >= 0.3 is 0 Å². The van der Waals surface area contributed by atoms with E-state index in [1.165, 1.54) is 9.09 Å². The van der Waals surface area contributed by atoms with Crippen molar-refractivity contribution in [1.29, 1.82) is 0 Å². The molecule has 1 aliphatic heterocycles. The number of hydrogen-bond donors (Lipinski definition) is 1. The lowest BCUT2D eigenvalue weighted by Crippen LogP contribution is -2.52. The zero-order valence-electron chi connectivity index (χ0n) is 12.7. The molecular formula is C15H24N2O2S2. The quantitative estimate of drug-likeness (QED) is 0.782. The van der Waals surface area contributed by atoms with Crippen molar-refractivity contribution in [2.24, 2.45) is 0 Å². The number of hydrogen-bond acceptors (Lipinski definition) is 5. The summed E-state index contributed by atoms with van der Waals surface area (Å²) in [5, 5.41) is 13.4. The molecule has 1 atom stereocenters. The SMILES string of the molecule is Cc1ccc(SCCN2C(=O)CCCN2CCC(C)O)s1. The molecule has 0 spiro atoms. The smallest absolute Gasteiger partial charge is 0.236 e. The maximum atomic E-state index is 12.1. The average molecular weight is 329 g/mol. The van der Waals surface area contributed by atoms with Gasteiger partial charge in [-0.05, 0) is 38.8 Å². The Morgan fingerprint density at radius 1 is 1.43 bits per heavy atom. The molecule has 0 bridgehead atoms. The Bertz CT molecular complexity index is 462. The second-order valence-corrected chi connectivity index (χ2v) is 8.11. The van der Waals surface area contributed by atoms with Crippen LogP contribution in [0.1, 0.15) is 31.1 Å². The Labute approximate surface area is 135 Å². The topological polar surface area (TPSA) is 43.8 Å². The van der Waals surface area contributed by atoms with Crippen LogP contribution in [0.4, 0.5) is 0 Å². The second-order valence-electron chi connectivity index (χ2n) is 5.43. The first-order chi connectivity index (χ1) is 10.1. The van der Waals surface area contributed by atoms with Crippen molar-refractivity contribution < 1.29 is 9.90 Å². The van der Waals surface area contributed by atoms with E-state index < -0.39 is 0 Å². The minimum atomic E-state index is -0.313. The zero-order valence-corrected chi connectivity index (χ0v) is 14.4. The van der Waals surface area contributed by atoms with E-state index >= 15 is 0 Å². The van der Waals surface area contributed by atoms with Gasteiger partial charge in [-0.2, -0.15) is 0 Å². The van der Waals surface area contributed by atoms with Crippen LogP contribution in [-0.2, 0) is 4.79 Å². The van der Waals surface area contributed by atoms with Crippen LogP contribution in [0.15, 0.2) is 16.3 Å². The van der Waals surface area contributed by atoms with E-state index in [0.717, 1.165) is 31.8 Å². The normalized spacial score (nSPS) is 18.2. The Hall–Kier alpha value is -0.560. The van der Waals surface area contributed by atoms with Crippen LogP contribution in [0.25, 0.3) is 0 Å². The predicted octanol–water partition coefficient (Wildman–Crippen LogP) is 2.76. The zero-order chi connectivity index (χ0) is 15.2. The standard InChI is InChI=1S/C15H24N2O2S2/c1-12(18)7-9-16-8-3-4-14(19)17(16)10-11-20-15-6-5-13(2)21-15/h5-6,12,18H,3-4,7-11H2,1-2H3. The van der Waals surface area contributed by atoms with Crippen LogP contribution in [0.3, 0.4) is 0 Å². The minimum Gasteiger partial charge on any atom is -0.393 e. The highest BCUT2D eigenvalue weighted by molar-refractivity contribution is 8.01. The van der Waals surface area contributed by atoms with Crippen LogP contribution >= 0.6 is 23.1 Å². The summed E-state index contributed by atoms with van der Waals surface area (Å²) in [7, 11) is 0. The maximum absolute atomic E-state index is 12.1. The summed E-state index contributed by atoms with van der Waals surface area (Å²) in [6, 6.07) is 4.28. The fourth-order valence-corrected chi connectivity index (χ4v) is 4.48. The molecular weight excluding hydrogens is 304 g/mol. The number of hydrazine groups is 1. The van der Waals surface area contributed by atoms with Gasteiger partial charge in [-0.3, -0.25) is 9.80 Å². The average Bonchev–Trinajstić information content (AvgIpc) is 2.84. The third-order valence-corrected chi connectivity index (χ3v) is 5.71. The molecule has 1 aromatic heterocycles. The summed E-state index contributed by atoms with van der Waals surface area (Å²) in [5.74, 6) is 1.13. The molecule has 0 radical (unpaired) electrons. The molecule has 2 heterocycles. The van der Waals surface area contributed by atoms with E-state index in [1.807, 2.05) is 16.8 Å². The molecule has 1 aromatic rings. The van der Waals surface area contributed by atoms with E-state index in [9.17, 15) is 9.90 Å². The van der Waals surface area contributed by atoms with E-state index in [-0.39, 0.29) is 12.0 Å².